The van der Waals surface area contributed by atoms with Crippen molar-refractivity contribution in [3.63, 3.8) is 0 Å². The van der Waals surface area contributed by atoms with E-state index in [9.17, 15) is 24.0 Å². The van der Waals surface area contributed by atoms with Gasteiger partial charge in [0.05, 0.1) is 36.6 Å². The molecule has 7 atom stereocenters. The second-order valence-corrected chi connectivity index (χ2v) is 16.5. The normalized spacial score (nSPS) is 17.6. The Balaban J connectivity index is 1.63. The molecule has 0 aliphatic carbocycles. The maximum absolute atomic E-state index is 13.9. The van der Waals surface area contributed by atoms with E-state index in [1.807, 2.05) is 70.3 Å². The van der Waals surface area contributed by atoms with Gasteiger partial charge in [-0.1, -0.05) is 65.0 Å². The maximum Gasteiger partial charge on any atom is 0.408 e. The number of alkyl carbamates (subject to hydrolysis) is 1. The van der Waals surface area contributed by atoms with Crippen LogP contribution in [0.4, 0.5) is 4.79 Å². The van der Waals surface area contributed by atoms with E-state index < -0.39 is 41.7 Å². The highest BCUT2D eigenvalue weighted by molar-refractivity contribution is 7.09. The summed E-state index contributed by atoms with van der Waals surface area (Å²) >= 11 is 1.49. The van der Waals surface area contributed by atoms with E-state index in [1.165, 1.54) is 43.8 Å². The summed E-state index contributed by atoms with van der Waals surface area (Å²) in [5.74, 6) is -2.08. The zero-order chi connectivity index (χ0) is 41.6. The highest BCUT2D eigenvalue weighted by atomic mass is 32.1. The van der Waals surface area contributed by atoms with Crippen LogP contribution in [0.15, 0.2) is 41.9 Å². The number of aromatic nitrogens is 1. The van der Waals surface area contributed by atoms with Gasteiger partial charge in [0.1, 0.15) is 23.2 Å². The number of likely N-dealkylation sites (N-methyl/N-ethyl adjacent to an activating group) is 1. The minimum absolute atomic E-state index is 0.00371. The number of hydrogen-bond donors (Lipinski definition) is 3. The van der Waals surface area contributed by atoms with E-state index in [0.717, 1.165) is 23.4 Å². The second kappa shape index (κ2) is 22.0. The van der Waals surface area contributed by atoms with Crippen LogP contribution in [0, 0.1) is 24.4 Å². The van der Waals surface area contributed by atoms with Gasteiger partial charge in [-0.25, -0.2) is 9.78 Å². The number of thiazole rings is 1. The first-order valence-corrected chi connectivity index (χ1v) is 20.4. The fourth-order valence-electron chi connectivity index (χ4n) is 6.67. The summed E-state index contributed by atoms with van der Waals surface area (Å²) < 4.78 is 16.8. The Morgan fingerprint density at radius 3 is 2.34 bits per heavy atom. The number of nitrogens with one attached hydrogen (secondary N) is 3. The van der Waals surface area contributed by atoms with E-state index in [1.54, 1.807) is 25.3 Å². The minimum Gasteiger partial charge on any atom is -0.442 e. The highest BCUT2D eigenvalue weighted by Gasteiger charge is 2.41. The zero-order valence-electron chi connectivity index (χ0n) is 34.7. The Hall–Kier alpha value is -4.08. The molecule has 14 nitrogen and oxygen atoms in total. The highest BCUT2D eigenvalue weighted by Crippen LogP contribution is 2.29. The number of likely N-dealkylation sites (tertiary alicyclic amines) is 1. The summed E-state index contributed by atoms with van der Waals surface area (Å²) in [4.78, 5) is 74.8. The molecule has 3 rings (SSSR count). The number of carbonyl (C=O) groups excluding carboxylic acids is 5. The predicted molar refractivity (Wildman–Crippen MR) is 215 cm³/mol. The number of rotatable bonds is 21. The van der Waals surface area contributed by atoms with Gasteiger partial charge in [-0.05, 0) is 56.9 Å². The predicted octanol–water partition coefficient (Wildman–Crippen LogP) is 4.90. The topological polar surface area (TPSA) is 168 Å². The Morgan fingerprint density at radius 1 is 1.05 bits per heavy atom. The third kappa shape index (κ3) is 13.3. The number of benzene rings is 1. The molecule has 1 aliphatic heterocycles. The Labute approximate surface area is 336 Å². The molecule has 1 aromatic carbocycles. The van der Waals surface area contributed by atoms with Crippen molar-refractivity contribution < 1.29 is 38.2 Å². The fourth-order valence-corrected chi connectivity index (χ4v) is 7.35. The molecule has 1 aliphatic rings. The van der Waals surface area contributed by atoms with Crippen LogP contribution in [0.2, 0.25) is 0 Å². The summed E-state index contributed by atoms with van der Waals surface area (Å²) in [5.41, 5.74) is -0.295. The molecule has 2 heterocycles. The van der Waals surface area contributed by atoms with Crippen LogP contribution in [0.5, 0.6) is 0 Å². The number of hydrogen-bond acceptors (Lipinski definition) is 10. The first-order chi connectivity index (χ1) is 26.5. The van der Waals surface area contributed by atoms with E-state index in [2.05, 4.69) is 20.9 Å². The smallest absolute Gasteiger partial charge is 0.408 e. The fraction of sp³-hybridized carbons (Fsp3) is 0.634. The number of carbonyl (C=O) groups is 5. The van der Waals surface area contributed by atoms with Crippen LogP contribution >= 0.6 is 11.3 Å². The molecular formula is C41H63N6O8S. The number of nitrogens with zero attached hydrogens (tertiary/aromatic N) is 3. The van der Waals surface area contributed by atoms with Crippen LogP contribution in [0.25, 0.3) is 0 Å². The zero-order valence-corrected chi connectivity index (χ0v) is 35.5. The van der Waals surface area contributed by atoms with Gasteiger partial charge in [-0.2, -0.15) is 0 Å². The standard InChI is InChI=1S/C41H63N6O8S/c1-11-27(4)25-55-40(52)45-41(6,7)39(51)44-34(26(2)3)38(50)46(8)24-30(53-9)23-33(48)47-20-15-18-32(47)35(54-10)28(5)36(49)43-31(37-42-19-21-56-37)22-29-16-13-12-14-17-29/h12-14,16-17,19,21,25-28,30-32,34-35H,11,15,18,20,22-24H2,1-10H3,(H,43,49)(H,44,51)(H,45,52)/t27-,28+,30?,31-,32-,34?,35+/m0/s1. The van der Waals surface area contributed by atoms with Gasteiger partial charge < -0.3 is 40.0 Å². The van der Waals surface area contributed by atoms with E-state index >= 15 is 0 Å². The molecule has 1 aromatic heterocycles. The Morgan fingerprint density at radius 2 is 1.75 bits per heavy atom. The second-order valence-electron chi connectivity index (χ2n) is 15.6. The van der Waals surface area contributed by atoms with Gasteiger partial charge in [0.25, 0.3) is 0 Å². The summed E-state index contributed by atoms with van der Waals surface area (Å²) in [6.45, 7) is 14.4. The quantitative estimate of drug-likeness (QED) is 0.159. The average Bonchev–Trinajstić information content (AvgIpc) is 3.89. The molecule has 1 radical (unpaired) electrons. The number of amides is 5. The molecule has 2 unspecified atom stereocenters. The molecule has 56 heavy (non-hydrogen) atoms. The van der Waals surface area contributed by atoms with Gasteiger partial charge in [-0.15, -0.1) is 11.3 Å². The van der Waals surface area contributed by atoms with Crippen LogP contribution < -0.4 is 16.0 Å². The van der Waals surface area contributed by atoms with E-state index in [4.69, 9.17) is 14.2 Å². The summed E-state index contributed by atoms with van der Waals surface area (Å²) in [6, 6.07) is 8.37. The van der Waals surface area contributed by atoms with Gasteiger partial charge >= 0.3 is 6.09 Å². The van der Waals surface area contributed by atoms with Crippen molar-refractivity contribution in [2.75, 3.05) is 34.4 Å². The molecule has 2 aromatic rings. The largest absolute Gasteiger partial charge is 0.442 e. The van der Waals surface area contributed by atoms with Gasteiger partial charge in [0.15, 0.2) is 0 Å². The average molecular weight is 800 g/mol. The SMILES string of the molecule is CC[C@H](C)[CH]OC(=O)NC(C)(C)C(=O)NC(C(=O)N(C)CC(CC(=O)N1CCC[C@H]1[C@H](OC)[C@@H](C)C(=O)N[C@@H](Cc1ccccc1)c1nccs1)OC)C(C)C. The monoisotopic (exact) mass is 799 g/mol. The third-order valence-corrected chi connectivity index (χ3v) is 11.3. The van der Waals surface area contributed by atoms with Crippen LogP contribution in [0.3, 0.4) is 0 Å². The molecular weight excluding hydrogens is 737 g/mol. The third-order valence-electron chi connectivity index (χ3n) is 10.4. The van der Waals surface area contributed by atoms with Gasteiger partial charge in [-0.3, -0.25) is 19.2 Å². The molecule has 1 fully saturated rings. The van der Waals surface area contributed by atoms with Crippen molar-refractivity contribution in [1.82, 2.24) is 30.7 Å². The van der Waals surface area contributed by atoms with Crippen molar-refractivity contribution in [3.8, 4) is 0 Å². The molecule has 0 bridgehead atoms. The maximum atomic E-state index is 13.9. The summed E-state index contributed by atoms with van der Waals surface area (Å²) in [5, 5.41) is 11.3. The molecule has 311 valence electrons. The molecule has 15 heteroatoms. The lowest BCUT2D eigenvalue weighted by atomic mass is 9.94. The number of methoxy groups -OCH3 is 2. The number of ether oxygens (including phenoxy) is 3. The van der Waals surface area contributed by atoms with Crippen molar-refractivity contribution in [2.45, 2.75) is 116 Å². The Bertz CT molecular complexity index is 1560. The Kier molecular flexibility index (Phi) is 18.2. The van der Waals surface area contributed by atoms with Crippen molar-refractivity contribution >= 4 is 41.1 Å². The van der Waals surface area contributed by atoms with Crippen molar-refractivity contribution in [1.29, 1.82) is 0 Å². The van der Waals surface area contributed by atoms with Crippen molar-refractivity contribution in [3.05, 3.63) is 59.1 Å². The van der Waals surface area contributed by atoms with Gasteiger partial charge in [0.2, 0.25) is 23.6 Å². The van der Waals surface area contributed by atoms with Crippen LogP contribution in [-0.4, -0.2) is 109 Å². The molecule has 3 N–H and O–H groups in total. The van der Waals surface area contributed by atoms with Crippen LogP contribution in [0.1, 0.15) is 90.8 Å². The van der Waals surface area contributed by atoms with Crippen molar-refractivity contribution in [2.24, 2.45) is 17.8 Å². The molecule has 0 saturated carbocycles. The lowest BCUT2D eigenvalue weighted by molar-refractivity contribution is -0.143. The summed E-state index contributed by atoms with van der Waals surface area (Å²) in [7, 11) is 4.65. The van der Waals surface area contributed by atoms with Gasteiger partial charge in [0, 0.05) is 45.9 Å². The minimum atomic E-state index is -1.37. The van der Waals surface area contributed by atoms with E-state index in [0.29, 0.717) is 19.4 Å². The molecule has 1 saturated heterocycles. The molecule has 5 amide bonds. The lowest BCUT2D eigenvalue weighted by Crippen LogP contribution is -2.60. The van der Waals surface area contributed by atoms with E-state index in [-0.39, 0.29) is 54.6 Å². The van der Waals surface area contributed by atoms with Crippen LogP contribution in [-0.2, 0) is 39.8 Å². The summed E-state index contributed by atoms with van der Waals surface area (Å²) in [6.07, 6.45) is 2.56. The first-order valence-electron chi connectivity index (χ1n) is 19.5. The lowest BCUT2D eigenvalue weighted by Gasteiger charge is -2.35. The molecule has 0 spiro atoms. The first kappa shape index (κ1) is 46.3.